The summed E-state index contributed by atoms with van der Waals surface area (Å²) >= 11 is 0. The minimum Gasteiger partial charge on any atom is -0.493 e. The van der Waals surface area contributed by atoms with Crippen LogP contribution in [0.2, 0.25) is 0 Å². The Balaban J connectivity index is 2.01. The molecule has 0 fully saturated rings. The average molecular weight is 264 g/mol. The van der Waals surface area contributed by atoms with Crippen molar-refractivity contribution in [3.05, 3.63) is 29.8 Å². The van der Waals surface area contributed by atoms with E-state index in [4.69, 9.17) is 9.47 Å². The number of fused-ring (bicyclic) bond motifs is 1. The molecule has 1 aromatic rings. The van der Waals surface area contributed by atoms with Crippen LogP contribution in [0.4, 0.5) is 0 Å². The van der Waals surface area contributed by atoms with Gasteiger partial charge in [0.25, 0.3) is 0 Å². The summed E-state index contributed by atoms with van der Waals surface area (Å²) in [4.78, 5) is 0. The predicted molar refractivity (Wildman–Crippen MR) is 75.6 cm³/mol. The Bertz CT molecular complexity index is 414. The third-order valence-electron chi connectivity index (χ3n) is 3.92. The van der Waals surface area contributed by atoms with Gasteiger partial charge in [0.05, 0.1) is 18.3 Å². The van der Waals surface area contributed by atoms with Gasteiger partial charge in [-0.15, -0.1) is 0 Å². The van der Waals surface area contributed by atoms with Gasteiger partial charge in [0, 0.05) is 13.5 Å². The first-order valence-electron chi connectivity index (χ1n) is 6.97. The summed E-state index contributed by atoms with van der Waals surface area (Å²) in [5, 5.41) is 10.3. The van der Waals surface area contributed by atoms with Crippen LogP contribution in [0, 0.1) is 0 Å². The lowest BCUT2D eigenvalue weighted by atomic mass is 9.85. The Morgan fingerprint density at radius 1 is 1.42 bits per heavy atom. The lowest BCUT2D eigenvalue weighted by Crippen LogP contribution is -2.30. The van der Waals surface area contributed by atoms with Crippen molar-refractivity contribution >= 4 is 0 Å². The molecule has 3 nitrogen and oxygen atoms in total. The highest BCUT2D eigenvalue weighted by Crippen LogP contribution is 2.37. The van der Waals surface area contributed by atoms with Gasteiger partial charge in [-0.1, -0.05) is 18.2 Å². The van der Waals surface area contributed by atoms with Crippen LogP contribution in [0.15, 0.2) is 24.3 Å². The number of benzene rings is 1. The van der Waals surface area contributed by atoms with Gasteiger partial charge in [-0.2, -0.15) is 0 Å². The van der Waals surface area contributed by atoms with Crippen LogP contribution in [-0.2, 0) is 4.74 Å². The Kier molecular flexibility index (Phi) is 4.48. The van der Waals surface area contributed by atoms with Gasteiger partial charge in [0.1, 0.15) is 5.75 Å². The molecule has 106 valence electrons. The Labute approximate surface area is 115 Å². The van der Waals surface area contributed by atoms with Gasteiger partial charge in [0.15, 0.2) is 0 Å². The van der Waals surface area contributed by atoms with Crippen LogP contribution in [0.3, 0.4) is 0 Å². The predicted octanol–water partition coefficient (Wildman–Crippen LogP) is 3.12. The normalized spacial score (nSPS) is 20.5. The highest BCUT2D eigenvalue weighted by atomic mass is 16.5. The first-order chi connectivity index (χ1) is 9.02. The quantitative estimate of drug-likeness (QED) is 0.888. The molecule has 3 heteroatoms. The number of para-hydroxylation sites is 1. The van der Waals surface area contributed by atoms with E-state index < -0.39 is 0 Å². The molecule has 0 saturated heterocycles. The monoisotopic (exact) mass is 264 g/mol. The zero-order valence-corrected chi connectivity index (χ0v) is 12.1. The van der Waals surface area contributed by atoms with Gasteiger partial charge in [-0.05, 0) is 44.2 Å². The SMILES string of the molecule is COC(C)(C)CC(O)CC1CCOc2ccccc21. The molecule has 0 aliphatic carbocycles. The molecular formula is C16H24O3. The minimum absolute atomic E-state index is 0.274. The largest absolute Gasteiger partial charge is 0.493 e. The Hall–Kier alpha value is -1.06. The first kappa shape index (κ1) is 14.4. The van der Waals surface area contributed by atoms with Crippen LogP contribution >= 0.6 is 0 Å². The summed E-state index contributed by atoms with van der Waals surface area (Å²) in [6, 6.07) is 8.14. The molecule has 0 saturated carbocycles. The van der Waals surface area contributed by atoms with E-state index in [2.05, 4.69) is 6.07 Å². The Morgan fingerprint density at radius 2 is 2.16 bits per heavy atom. The molecule has 0 amide bonds. The van der Waals surface area contributed by atoms with Crippen LogP contribution in [0.1, 0.15) is 44.6 Å². The lowest BCUT2D eigenvalue weighted by Gasteiger charge is -2.30. The van der Waals surface area contributed by atoms with Gasteiger partial charge < -0.3 is 14.6 Å². The van der Waals surface area contributed by atoms with Crippen LogP contribution in [0.5, 0.6) is 5.75 Å². The zero-order valence-electron chi connectivity index (χ0n) is 12.1. The molecule has 2 unspecified atom stereocenters. The number of hydrogen-bond donors (Lipinski definition) is 1. The summed E-state index contributed by atoms with van der Waals surface area (Å²) in [5.74, 6) is 1.35. The van der Waals surface area contributed by atoms with Crippen LogP contribution in [0.25, 0.3) is 0 Å². The maximum absolute atomic E-state index is 10.3. The minimum atomic E-state index is -0.342. The summed E-state index contributed by atoms with van der Waals surface area (Å²) in [6.07, 6.45) is 2.06. The van der Waals surface area contributed by atoms with Gasteiger partial charge in [0.2, 0.25) is 0 Å². The first-order valence-corrected chi connectivity index (χ1v) is 6.97. The topological polar surface area (TPSA) is 38.7 Å². The van der Waals surface area contributed by atoms with E-state index in [1.807, 2.05) is 32.0 Å². The smallest absolute Gasteiger partial charge is 0.122 e. The molecule has 1 N–H and O–H groups in total. The van der Waals surface area contributed by atoms with E-state index >= 15 is 0 Å². The second-order valence-electron chi connectivity index (χ2n) is 5.93. The van der Waals surface area contributed by atoms with Crippen molar-refractivity contribution in [2.24, 2.45) is 0 Å². The molecule has 0 radical (unpaired) electrons. The van der Waals surface area contributed by atoms with Crippen molar-refractivity contribution in [1.29, 1.82) is 0 Å². The van der Waals surface area contributed by atoms with E-state index in [9.17, 15) is 5.11 Å². The molecular weight excluding hydrogens is 240 g/mol. The fourth-order valence-corrected chi connectivity index (χ4v) is 2.72. The maximum atomic E-state index is 10.3. The molecule has 2 rings (SSSR count). The molecule has 1 heterocycles. The average Bonchev–Trinajstić information content (AvgIpc) is 2.38. The summed E-state index contributed by atoms with van der Waals surface area (Å²) < 4.78 is 11.0. The fraction of sp³-hybridized carbons (Fsp3) is 0.625. The van der Waals surface area contributed by atoms with E-state index in [0.717, 1.165) is 25.2 Å². The second kappa shape index (κ2) is 5.93. The van der Waals surface area contributed by atoms with Crippen molar-refractivity contribution in [2.45, 2.75) is 50.7 Å². The number of hydrogen-bond acceptors (Lipinski definition) is 3. The van der Waals surface area contributed by atoms with E-state index in [1.54, 1.807) is 7.11 Å². The highest BCUT2D eigenvalue weighted by molar-refractivity contribution is 5.37. The number of ether oxygens (including phenoxy) is 2. The molecule has 0 aromatic heterocycles. The molecule has 1 aromatic carbocycles. The van der Waals surface area contributed by atoms with E-state index in [0.29, 0.717) is 12.3 Å². The standard InChI is InChI=1S/C16H24O3/c1-16(2,18-3)11-13(17)10-12-8-9-19-15-7-5-4-6-14(12)15/h4-7,12-13,17H,8-11H2,1-3H3. The van der Waals surface area contributed by atoms with Crippen LogP contribution in [-0.4, -0.2) is 30.5 Å². The number of rotatable bonds is 5. The second-order valence-corrected chi connectivity index (χ2v) is 5.93. The summed E-state index contributed by atoms with van der Waals surface area (Å²) in [6.45, 7) is 4.75. The van der Waals surface area contributed by atoms with Crippen molar-refractivity contribution in [1.82, 2.24) is 0 Å². The van der Waals surface area contributed by atoms with Gasteiger partial charge in [-0.3, -0.25) is 0 Å². The van der Waals surface area contributed by atoms with Crippen molar-refractivity contribution < 1.29 is 14.6 Å². The van der Waals surface area contributed by atoms with Crippen molar-refractivity contribution in [3.63, 3.8) is 0 Å². The lowest BCUT2D eigenvalue weighted by molar-refractivity contribution is -0.0232. The third-order valence-corrected chi connectivity index (χ3v) is 3.92. The number of aliphatic hydroxyl groups excluding tert-OH is 1. The number of aliphatic hydroxyl groups is 1. The van der Waals surface area contributed by atoms with Crippen molar-refractivity contribution in [3.8, 4) is 5.75 Å². The molecule has 0 bridgehead atoms. The van der Waals surface area contributed by atoms with Gasteiger partial charge in [-0.25, -0.2) is 0 Å². The molecule has 1 aliphatic rings. The van der Waals surface area contributed by atoms with Gasteiger partial charge >= 0.3 is 0 Å². The fourth-order valence-electron chi connectivity index (χ4n) is 2.72. The van der Waals surface area contributed by atoms with Crippen molar-refractivity contribution in [2.75, 3.05) is 13.7 Å². The van der Waals surface area contributed by atoms with Crippen LogP contribution < -0.4 is 4.74 Å². The molecule has 1 aliphatic heterocycles. The zero-order chi connectivity index (χ0) is 13.9. The Morgan fingerprint density at radius 3 is 2.89 bits per heavy atom. The maximum Gasteiger partial charge on any atom is 0.122 e. The highest BCUT2D eigenvalue weighted by Gasteiger charge is 2.27. The number of methoxy groups -OCH3 is 1. The van der Waals surface area contributed by atoms with E-state index in [1.165, 1.54) is 5.56 Å². The third kappa shape index (κ3) is 3.71. The van der Waals surface area contributed by atoms with E-state index in [-0.39, 0.29) is 11.7 Å². The summed E-state index contributed by atoms with van der Waals surface area (Å²) in [5.41, 5.74) is 0.951. The molecule has 0 spiro atoms. The molecule has 19 heavy (non-hydrogen) atoms. The molecule has 2 atom stereocenters. The summed E-state index contributed by atoms with van der Waals surface area (Å²) in [7, 11) is 1.69.